The van der Waals surface area contributed by atoms with Gasteiger partial charge in [-0.2, -0.15) is 0 Å². The normalized spacial score (nSPS) is 26.0. The van der Waals surface area contributed by atoms with E-state index >= 15 is 9.59 Å². The summed E-state index contributed by atoms with van der Waals surface area (Å²) in [6, 6.07) is 13.5. The molecule has 2 aromatic carbocycles. The number of aliphatic hydroxyl groups excluding tert-OH is 1. The van der Waals surface area contributed by atoms with Crippen LogP contribution >= 0.6 is 0 Å². The number of hydrogen-bond donors (Lipinski definition) is 1. The maximum Gasteiger partial charge on any atom is 0.253 e. The molecule has 3 saturated heterocycles. The molecule has 2 aromatic rings. The Bertz CT molecular complexity index is 1580. The first kappa shape index (κ1) is 38.1. The summed E-state index contributed by atoms with van der Waals surface area (Å²) in [5.41, 5.74) is 0.130. The van der Waals surface area contributed by atoms with Crippen LogP contribution in [0.1, 0.15) is 60.8 Å². The van der Waals surface area contributed by atoms with Crippen LogP contribution in [0.15, 0.2) is 73.8 Å². The number of amides is 3. The van der Waals surface area contributed by atoms with Crippen molar-refractivity contribution >= 4 is 34.8 Å². The third kappa shape index (κ3) is 6.57. The molecule has 7 atom stereocenters. The molecule has 0 aliphatic carbocycles. The van der Waals surface area contributed by atoms with Gasteiger partial charge in [-0.05, 0) is 95.0 Å². The van der Waals surface area contributed by atoms with Crippen LogP contribution in [-0.4, -0.2) is 90.4 Å². The molecule has 10 heteroatoms. The van der Waals surface area contributed by atoms with Crippen LogP contribution in [0.25, 0.3) is 0 Å². The summed E-state index contributed by atoms with van der Waals surface area (Å²) in [6.07, 6.45) is 4.96. The highest BCUT2D eigenvalue weighted by Gasteiger charge is 2.79. The first-order valence-corrected chi connectivity index (χ1v) is 18.6. The molecule has 2 unspecified atom stereocenters. The quantitative estimate of drug-likeness (QED) is 0.207. The van der Waals surface area contributed by atoms with Gasteiger partial charge in [0.25, 0.3) is 5.91 Å². The zero-order valence-corrected chi connectivity index (χ0v) is 31.2. The second-order valence-corrected chi connectivity index (χ2v) is 14.2. The van der Waals surface area contributed by atoms with Gasteiger partial charge < -0.3 is 34.2 Å². The fourth-order valence-corrected chi connectivity index (χ4v) is 8.73. The van der Waals surface area contributed by atoms with Crippen LogP contribution in [-0.2, 0) is 19.1 Å². The van der Waals surface area contributed by atoms with Crippen molar-refractivity contribution in [3.05, 3.63) is 73.8 Å². The highest BCUT2D eigenvalue weighted by Crippen LogP contribution is 2.64. The molecular formula is C41H56N4O6. The number of hydrogen-bond acceptors (Lipinski definition) is 7. The number of fused-ring (bicyclic) bond motifs is 1. The molecule has 51 heavy (non-hydrogen) atoms. The van der Waals surface area contributed by atoms with Gasteiger partial charge in [0.15, 0.2) is 0 Å². The first-order chi connectivity index (χ1) is 24.5. The third-order valence-electron chi connectivity index (χ3n) is 11.5. The molecular weight excluding hydrogens is 644 g/mol. The minimum Gasteiger partial charge on any atom is -0.494 e. The fraction of sp³-hybridized carbons (Fsp3) is 0.537. The molecule has 0 aromatic heterocycles. The van der Waals surface area contributed by atoms with E-state index in [0.29, 0.717) is 43.0 Å². The highest BCUT2D eigenvalue weighted by atomic mass is 16.5. The maximum absolute atomic E-state index is 15.2. The Kier molecular flexibility index (Phi) is 11.7. The molecule has 276 valence electrons. The van der Waals surface area contributed by atoms with Crippen LogP contribution < -0.4 is 19.4 Å². The van der Waals surface area contributed by atoms with Gasteiger partial charge in [0.1, 0.15) is 17.4 Å². The molecule has 0 saturated carbocycles. The fourth-order valence-electron chi connectivity index (χ4n) is 8.73. The lowest BCUT2D eigenvalue weighted by Gasteiger charge is -2.41. The predicted molar refractivity (Wildman–Crippen MR) is 202 cm³/mol. The van der Waals surface area contributed by atoms with Gasteiger partial charge in [-0.3, -0.25) is 14.4 Å². The van der Waals surface area contributed by atoms with Gasteiger partial charge >= 0.3 is 0 Å². The molecule has 1 spiro atoms. The SMILES string of the molecule is C=CCN(C(=O)C1N([C@@H](CO)[C@@H](C)CC)C(=O)[C@@H]2[C@@H](C(=O)N(CC=C)c3ccc(OCC)cc3)[C@@]3(C)CCC12O3)c1ccc(N(CC)CC)cc1. The number of aliphatic hydroxyl groups is 1. The number of carbonyl (C=O) groups is 3. The average molecular weight is 701 g/mol. The van der Waals surface area contributed by atoms with Crippen LogP contribution in [0.4, 0.5) is 17.1 Å². The van der Waals surface area contributed by atoms with E-state index in [0.717, 1.165) is 18.8 Å². The highest BCUT2D eigenvalue weighted by molar-refractivity contribution is 6.07. The zero-order chi connectivity index (χ0) is 37.1. The van der Waals surface area contributed by atoms with Crippen molar-refractivity contribution in [2.45, 2.75) is 84.1 Å². The monoisotopic (exact) mass is 700 g/mol. The summed E-state index contributed by atoms with van der Waals surface area (Å²) < 4.78 is 12.6. The van der Waals surface area contributed by atoms with Crippen molar-refractivity contribution in [1.82, 2.24) is 4.90 Å². The molecule has 3 aliphatic rings. The second-order valence-electron chi connectivity index (χ2n) is 14.2. The average Bonchev–Trinajstić information content (AvgIpc) is 3.71. The number of rotatable bonds is 17. The van der Waals surface area contributed by atoms with Gasteiger partial charge in [-0.25, -0.2) is 0 Å². The Morgan fingerprint density at radius 3 is 2.00 bits per heavy atom. The molecule has 3 aliphatic heterocycles. The zero-order valence-electron chi connectivity index (χ0n) is 31.2. The van der Waals surface area contributed by atoms with Crippen molar-refractivity contribution in [3.8, 4) is 5.75 Å². The summed E-state index contributed by atoms with van der Waals surface area (Å²) in [5, 5.41) is 10.8. The number of benzene rings is 2. The number of ether oxygens (including phenoxy) is 2. The van der Waals surface area contributed by atoms with Crippen molar-refractivity contribution in [2.75, 3.05) is 54.1 Å². The minimum absolute atomic E-state index is 0.117. The molecule has 0 radical (unpaired) electrons. The largest absolute Gasteiger partial charge is 0.494 e. The van der Waals surface area contributed by atoms with Gasteiger partial charge in [-0.15, -0.1) is 13.2 Å². The van der Waals surface area contributed by atoms with Crippen molar-refractivity contribution in [1.29, 1.82) is 0 Å². The van der Waals surface area contributed by atoms with Gasteiger partial charge in [0, 0.05) is 43.2 Å². The molecule has 3 amide bonds. The van der Waals surface area contributed by atoms with E-state index in [9.17, 15) is 9.90 Å². The summed E-state index contributed by atoms with van der Waals surface area (Å²) in [6.45, 7) is 22.2. The third-order valence-corrected chi connectivity index (χ3v) is 11.5. The Labute approximate surface area is 303 Å². The van der Waals surface area contributed by atoms with E-state index in [2.05, 4.69) is 31.9 Å². The predicted octanol–water partition coefficient (Wildman–Crippen LogP) is 5.84. The maximum atomic E-state index is 15.2. The topological polar surface area (TPSA) is 103 Å². The lowest BCUT2D eigenvalue weighted by atomic mass is 9.66. The van der Waals surface area contributed by atoms with Gasteiger partial charge in [-0.1, -0.05) is 32.4 Å². The van der Waals surface area contributed by atoms with E-state index in [1.807, 2.05) is 76.2 Å². The van der Waals surface area contributed by atoms with E-state index in [1.165, 1.54) is 0 Å². The van der Waals surface area contributed by atoms with Crippen molar-refractivity contribution in [3.63, 3.8) is 0 Å². The number of carbonyl (C=O) groups excluding carboxylic acids is 3. The molecule has 3 heterocycles. The number of anilines is 3. The first-order valence-electron chi connectivity index (χ1n) is 18.6. The molecule has 10 nitrogen and oxygen atoms in total. The summed E-state index contributed by atoms with van der Waals surface area (Å²) in [7, 11) is 0. The Hall–Kier alpha value is -4.15. The molecule has 3 fully saturated rings. The van der Waals surface area contributed by atoms with Gasteiger partial charge in [0.05, 0.1) is 36.7 Å². The van der Waals surface area contributed by atoms with Crippen LogP contribution in [0, 0.1) is 17.8 Å². The molecule has 2 bridgehead atoms. The van der Waals surface area contributed by atoms with Crippen LogP contribution in [0.5, 0.6) is 5.75 Å². The minimum atomic E-state index is -1.26. The Balaban J connectivity index is 1.60. The smallest absolute Gasteiger partial charge is 0.253 e. The summed E-state index contributed by atoms with van der Waals surface area (Å²) in [5.74, 6) is -2.09. The number of nitrogens with zero attached hydrogens (tertiary/aromatic N) is 4. The second kappa shape index (κ2) is 15.6. The van der Waals surface area contributed by atoms with Crippen molar-refractivity contribution in [2.24, 2.45) is 17.8 Å². The Morgan fingerprint density at radius 2 is 1.49 bits per heavy atom. The molecule has 1 N–H and O–H groups in total. The van der Waals surface area contributed by atoms with Crippen molar-refractivity contribution < 1.29 is 29.0 Å². The van der Waals surface area contributed by atoms with E-state index in [4.69, 9.17) is 9.47 Å². The van der Waals surface area contributed by atoms with E-state index in [-0.39, 0.29) is 43.3 Å². The Morgan fingerprint density at radius 1 is 0.941 bits per heavy atom. The summed E-state index contributed by atoms with van der Waals surface area (Å²) in [4.78, 5) is 52.2. The van der Waals surface area contributed by atoms with Crippen LogP contribution in [0.3, 0.4) is 0 Å². The van der Waals surface area contributed by atoms with E-state index in [1.54, 1.807) is 26.9 Å². The molecule has 5 rings (SSSR count). The lowest BCUT2D eigenvalue weighted by molar-refractivity contribution is -0.149. The lowest BCUT2D eigenvalue weighted by Crippen LogP contribution is -2.60. The van der Waals surface area contributed by atoms with Gasteiger partial charge in [0.2, 0.25) is 11.8 Å². The van der Waals surface area contributed by atoms with Crippen LogP contribution in [0.2, 0.25) is 0 Å². The standard InChI is InChI=1S/C41H56N4O6/c1-9-25-43(31-19-21-32(22-20-31)50-14-6)37(47)34-35-38(48)45(33(27-46)28(7)11-3)36(41(35)24-23-40(34,8)51-41)39(49)44(26-10-2)30-17-15-29(16-18-30)42(12-4)13-5/h9-10,15-22,28,33-36,46H,1-2,11-14,23-27H2,3-8H3/t28-,33-,34-,35-,36?,40+,41?/m0/s1. The number of likely N-dealkylation sites (tertiary alicyclic amines) is 1. The summed E-state index contributed by atoms with van der Waals surface area (Å²) >= 11 is 0. The van der Waals surface area contributed by atoms with E-state index < -0.39 is 35.1 Å².